The number of carbonyl (C=O) groups excluding carboxylic acids is 2. The largest absolute Gasteiger partial charge is 0.496 e. The number of nitrogens with one attached hydrogen (secondary N) is 2. The Morgan fingerprint density at radius 1 is 1.24 bits per heavy atom. The van der Waals surface area contributed by atoms with Gasteiger partial charge in [0.05, 0.1) is 33.4 Å². The van der Waals surface area contributed by atoms with Crippen molar-refractivity contribution in [2.75, 3.05) is 26.6 Å². The second kappa shape index (κ2) is 8.31. The third-order valence-corrected chi connectivity index (χ3v) is 4.52. The third kappa shape index (κ3) is 4.06. The molecule has 0 spiro atoms. The lowest BCUT2D eigenvalue weighted by molar-refractivity contribution is 0.0600. The van der Waals surface area contributed by atoms with Crippen LogP contribution in [-0.2, 0) is 16.0 Å². The Bertz CT molecular complexity index is 1160. The minimum absolute atomic E-state index is 0.0835. The highest BCUT2D eigenvalue weighted by atomic mass is 79.9. The fourth-order valence-corrected chi connectivity index (χ4v) is 3.15. The molecule has 0 unspecified atom stereocenters. The van der Waals surface area contributed by atoms with Gasteiger partial charge >= 0.3 is 12.1 Å². The summed E-state index contributed by atoms with van der Waals surface area (Å²) in [6.45, 7) is 0.116. The summed E-state index contributed by atoms with van der Waals surface area (Å²) in [5.41, 5.74) is 0.808. The molecule has 2 heterocycles. The third-order valence-electron chi connectivity index (χ3n) is 3.98. The molecule has 2 aromatic heterocycles. The first-order chi connectivity index (χ1) is 13.9. The van der Waals surface area contributed by atoms with E-state index in [0.29, 0.717) is 21.5 Å². The molecule has 152 valence electrons. The topological polar surface area (TPSA) is 137 Å². The zero-order valence-corrected chi connectivity index (χ0v) is 17.2. The zero-order chi connectivity index (χ0) is 21.1. The number of ether oxygens (including phenoxy) is 3. The smallest absolute Gasteiger partial charge is 0.413 e. The van der Waals surface area contributed by atoms with Crippen LogP contribution in [0, 0.1) is 0 Å². The van der Waals surface area contributed by atoms with E-state index in [2.05, 4.69) is 41.1 Å². The number of esters is 1. The predicted octanol–water partition coefficient (Wildman–Crippen LogP) is 1.90. The van der Waals surface area contributed by atoms with Crippen LogP contribution in [0.25, 0.3) is 11.0 Å². The first kappa shape index (κ1) is 20.3. The number of rotatable bonds is 5. The average Bonchev–Trinajstić information content (AvgIpc) is 3.02. The van der Waals surface area contributed by atoms with Crippen molar-refractivity contribution in [3.8, 4) is 5.75 Å². The van der Waals surface area contributed by atoms with E-state index in [1.165, 1.54) is 26.0 Å². The van der Waals surface area contributed by atoms with Gasteiger partial charge in [0.15, 0.2) is 10.1 Å². The Balaban J connectivity index is 2.07. The lowest BCUT2D eigenvalue weighted by atomic mass is 10.1. The summed E-state index contributed by atoms with van der Waals surface area (Å²) >= 11 is 3.27. The maximum absolute atomic E-state index is 12.6. The molecule has 3 aromatic rings. The Hall–Kier alpha value is -3.41. The van der Waals surface area contributed by atoms with Crippen molar-refractivity contribution in [2.45, 2.75) is 6.54 Å². The summed E-state index contributed by atoms with van der Waals surface area (Å²) in [5.74, 6) is -0.0795. The molecule has 1 aromatic carbocycles. The first-order valence-electron chi connectivity index (χ1n) is 8.14. The molecule has 0 bridgehead atoms. The lowest BCUT2D eigenvalue weighted by Gasteiger charge is -2.11. The van der Waals surface area contributed by atoms with Crippen molar-refractivity contribution in [3.63, 3.8) is 0 Å². The van der Waals surface area contributed by atoms with Crippen molar-refractivity contribution in [3.05, 3.63) is 44.3 Å². The van der Waals surface area contributed by atoms with Crippen molar-refractivity contribution >= 4 is 45.0 Å². The minimum Gasteiger partial charge on any atom is -0.496 e. The molecule has 0 aliphatic heterocycles. The zero-order valence-electron chi connectivity index (χ0n) is 15.6. The number of aromatic nitrogens is 4. The highest BCUT2D eigenvalue weighted by Crippen LogP contribution is 2.25. The van der Waals surface area contributed by atoms with E-state index < -0.39 is 17.6 Å². The standard InChI is InChI=1S/C17H16BrN5O6/c1-27-10-5-4-8(15(25)28-2)6-9(10)7-23-12-11(13(18)22-23)19-16(20-14(12)24)21-17(26)29-3/h4-6H,7H2,1-3H3,(H2,19,20,21,24,26). The summed E-state index contributed by atoms with van der Waals surface area (Å²) in [5, 5.41) is 6.59. The van der Waals surface area contributed by atoms with Gasteiger partial charge in [-0.1, -0.05) is 0 Å². The number of hydrogen-bond acceptors (Lipinski definition) is 8. The number of nitrogens with zero attached hydrogens (tertiary/aromatic N) is 3. The monoisotopic (exact) mass is 465 g/mol. The van der Waals surface area contributed by atoms with E-state index in [1.54, 1.807) is 18.2 Å². The molecule has 29 heavy (non-hydrogen) atoms. The van der Waals surface area contributed by atoms with Gasteiger partial charge in [0.2, 0.25) is 5.95 Å². The highest BCUT2D eigenvalue weighted by Gasteiger charge is 2.18. The fourth-order valence-electron chi connectivity index (χ4n) is 2.68. The normalized spacial score (nSPS) is 10.6. The summed E-state index contributed by atoms with van der Waals surface area (Å²) in [4.78, 5) is 42.4. The van der Waals surface area contributed by atoms with Crippen LogP contribution < -0.4 is 15.6 Å². The Morgan fingerprint density at radius 3 is 2.66 bits per heavy atom. The predicted molar refractivity (Wildman–Crippen MR) is 105 cm³/mol. The molecule has 0 fully saturated rings. The number of fused-ring (bicyclic) bond motifs is 1. The van der Waals surface area contributed by atoms with E-state index in [0.717, 1.165) is 0 Å². The molecule has 3 rings (SSSR count). The van der Waals surface area contributed by atoms with Crippen molar-refractivity contribution in [2.24, 2.45) is 0 Å². The molecule has 11 nitrogen and oxygen atoms in total. The average molecular weight is 466 g/mol. The quantitative estimate of drug-likeness (QED) is 0.544. The van der Waals surface area contributed by atoms with E-state index in [4.69, 9.17) is 9.47 Å². The molecule has 1 amide bonds. The van der Waals surface area contributed by atoms with E-state index in [-0.39, 0.29) is 23.5 Å². The van der Waals surface area contributed by atoms with Crippen LogP contribution in [0.5, 0.6) is 5.75 Å². The fraction of sp³-hybridized carbons (Fsp3) is 0.235. The van der Waals surface area contributed by atoms with E-state index in [9.17, 15) is 14.4 Å². The number of amides is 1. The molecule has 0 aliphatic carbocycles. The second-order valence-electron chi connectivity index (χ2n) is 5.69. The Kier molecular flexibility index (Phi) is 5.82. The van der Waals surface area contributed by atoms with Gasteiger partial charge in [-0.2, -0.15) is 5.10 Å². The molecular formula is C17H16BrN5O6. The molecule has 12 heteroatoms. The highest BCUT2D eigenvalue weighted by molar-refractivity contribution is 9.10. The van der Waals surface area contributed by atoms with Crippen LogP contribution >= 0.6 is 15.9 Å². The van der Waals surface area contributed by atoms with Crippen LogP contribution in [0.2, 0.25) is 0 Å². The summed E-state index contributed by atoms with van der Waals surface area (Å²) < 4.78 is 16.3. The van der Waals surface area contributed by atoms with Gasteiger partial charge in [0.1, 0.15) is 11.3 Å². The molecule has 0 saturated heterocycles. The number of carbonyl (C=O) groups is 2. The second-order valence-corrected chi connectivity index (χ2v) is 6.45. The van der Waals surface area contributed by atoms with E-state index in [1.807, 2.05) is 0 Å². The van der Waals surface area contributed by atoms with Crippen LogP contribution in [0.1, 0.15) is 15.9 Å². The molecule has 0 atom stereocenters. The molecular weight excluding hydrogens is 450 g/mol. The van der Waals surface area contributed by atoms with Gasteiger partial charge in [0.25, 0.3) is 5.56 Å². The number of benzene rings is 1. The van der Waals surface area contributed by atoms with Crippen molar-refractivity contribution in [1.82, 2.24) is 19.7 Å². The lowest BCUT2D eigenvalue weighted by Crippen LogP contribution is -2.19. The first-order valence-corrected chi connectivity index (χ1v) is 8.93. The van der Waals surface area contributed by atoms with Crippen LogP contribution in [0.4, 0.5) is 10.7 Å². The van der Waals surface area contributed by atoms with Gasteiger partial charge in [-0.25, -0.2) is 14.6 Å². The van der Waals surface area contributed by atoms with E-state index >= 15 is 0 Å². The maximum Gasteiger partial charge on any atom is 0.413 e. The van der Waals surface area contributed by atoms with Crippen LogP contribution in [0.15, 0.2) is 27.6 Å². The Morgan fingerprint density at radius 2 is 2.00 bits per heavy atom. The molecule has 2 N–H and O–H groups in total. The van der Waals surface area contributed by atoms with Gasteiger partial charge in [0, 0.05) is 5.56 Å². The SMILES string of the molecule is COC(=O)Nc1nc2c(Br)nn(Cc3cc(C(=O)OC)ccc3OC)c2c(=O)[nH]1. The van der Waals surface area contributed by atoms with Gasteiger partial charge < -0.3 is 14.2 Å². The van der Waals surface area contributed by atoms with Crippen LogP contribution in [-0.4, -0.2) is 53.1 Å². The summed E-state index contributed by atoms with van der Waals surface area (Å²) in [7, 11) is 3.97. The van der Waals surface area contributed by atoms with Crippen molar-refractivity contribution < 1.29 is 23.8 Å². The molecule has 0 saturated carbocycles. The number of hydrogen-bond donors (Lipinski definition) is 2. The number of H-pyrrole nitrogens is 1. The van der Waals surface area contributed by atoms with Gasteiger partial charge in [-0.3, -0.25) is 19.8 Å². The van der Waals surface area contributed by atoms with Gasteiger partial charge in [-0.05, 0) is 34.1 Å². The molecule has 0 aliphatic rings. The minimum atomic E-state index is -0.777. The van der Waals surface area contributed by atoms with Crippen molar-refractivity contribution in [1.29, 1.82) is 0 Å². The van der Waals surface area contributed by atoms with Gasteiger partial charge in [-0.15, -0.1) is 0 Å². The number of aromatic amines is 1. The summed E-state index contributed by atoms with van der Waals surface area (Å²) in [6.07, 6.45) is -0.777. The number of methoxy groups -OCH3 is 3. The number of halogens is 1. The summed E-state index contributed by atoms with van der Waals surface area (Å²) in [6, 6.07) is 4.80. The molecule has 0 radical (unpaired) electrons. The van der Waals surface area contributed by atoms with Crippen LogP contribution in [0.3, 0.4) is 0 Å². The maximum atomic E-state index is 12.6. The Labute approximate surface area is 172 Å². The number of anilines is 1.